The molecule has 2 aliphatic rings. The minimum atomic E-state index is 0.261. The van der Waals surface area contributed by atoms with Crippen LogP contribution in [0.15, 0.2) is 48.5 Å². The van der Waals surface area contributed by atoms with E-state index in [1.807, 2.05) is 18.2 Å². The van der Waals surface area contributed by atoms with E-state index in [0.29, 0.717) is 11.8 Å². The summed E-state index contributed by atoms with van der Waals surface area (Å²) in [5, 5.41) is 13.9. The third-order valence-electron chi connectivity index (χ3n) is 4.80. The number of hydrogen-bond acceptors (Lipinski definition) is 3. The van der Waals surface area contributed by atoms with E-state index in [9.17, 15) is 5.11 Å². The summed E-state index contributed by atoms with van der Waals surface area (Å²) in [6, 6.07) is 16.9. The second-order valence-corrected chi connectivity index (χ2v) is 5.96. The van der Waals surface area contributed by atoms with Crippen LogP contribution in [0.1, 0.15) is 28.7 Å². The number of phenols is 1. The monoisotopic (exact) mass is 280 g/mol. The highest BCUT2D eigenvalue weighted by molar-refractivity contribution is 5.50. The van der Waals surface area contributed by atoms with Crippen molar-refractivity contribution in [2.24, 2.45) is 0 Å². The fourth-order valence-electron chi connectivity index (χ4n) is 3.80. The fourth-order valence-corrected chi connectivity index (χ4v) is 3.80. The van der Waals surface area contributed by atoms with Crippen molar-refractivity contribution in [2.75, 3.05) is 26.2 Å². The molecule has 0 saturated carbocycles. The minimum absolute atomic E-state index is 0.261. The second kappa shape index (κ2) is 5.17. The van der Waals surface area contributed by atoms with E-state index in [2.05, 4.69) is 40.5 Å². The van der Waals surface area contributed by atoms with Crippen molar-refractivity contribution in [1.82, 2.24) is 10.2 Å². The van der Waals surface area contributed by atoms with E-state index in [1.165, 1.54) is 11.1 Å². The van der Waals surface area contributed by atoms with Gasteiger partial charge in [0.1, 0.15) is 5.75 Å². The molecule has 21 heavy (non-hydrogen) atoms. The molecule has 0 radical (unpaired) electrons. The Bertz CT molecular complexity index is 641. The summed E-state index contributed by atoms with van der Waals surface area (Å²) in [6.07, 6.45) is 0. The second-order valence-electron chi connectivity index (χ2n) is 5.96. The Balaban J connectivity index is 1.85. The summed E-state index contributed by atoms with van der Waals surface area (Å²) in [5.41, 5.74) is 3.69. The van der Waals surface area contributed by atoms with Gasteiger partial charge in [-0.05, 0) is 17.2 Å². The Morgan fingerprint density at radius 1 is 1.05 bits per heavy atom. The lowest BCUT2D eigenvalue weighted by Gasteiger charge is -2.44. The minimum Gasteiger partial charge on any atom is -0.508 e. The lowest BCUT2D eigenvalue weighted by atomic mass is 9.80. The summed E-state index contributed by atoms with van der Waals surface area (Å²) in [4.78, 5) is 2.55. The maximum Gasteiger partial charge on any atom is 0.119 e. The molecule has 3 heteroatoms. The molecule has 2 aromatic carbocycles. The van der Waals surface area contributed by atoms with Crippen molar-refractivity contribution < 1.29 is 5.11 Å². The first kappa shape index (κ1) is 12.9. The predicted molar refractivity (Wildman–Crippen MR) is 83.6 cm³/mol. The summed E-state index contributed by atoms with van der Waals surface area (Å²) in [5.74, 6) is 0.698. The van der Waals surface area contributed by atoms with Gasteiger partial charge in [-0.25, -0.2) is 0 Å². The number of benzene rings is 2. The van der Waals surface area contributed by atoms with Crippen LogP contribution in [0, 0.1) is 0 Å². The zero-order valence-corrected chi connectivity index (χ0v) is 12.0. The van der Waals surface area contributed by atoms with Crippen LogP contribution in [0.3, 0.4) is 0 Å². The molecule has 108 valence electrons. The van der Waals surface area contributed by atoms with Gasteiger partial charge in [-0.1, -0.05) is 42.5 Å². The van der Waals surface area contributed by atoms with Crippen molar-refractivity contribution >= 4 is 0 Å². The molecule has 0 bridgehead atoms. The van der Waals surface area contributed by atoms with Crippen molar-refractivity contribution in [3.8, 4) is 5.75 Å². The molecule has 2 N–H and O–H groups in total. The van der Waals surface area contributed by atoms with Crippen LogP contribution >= 0.6 is 0 Å². The molecule has 0 spiro atoms. The smallest absolute Gasteiger partial charge is 0.119 e. The number of nitrogens with zero attached hydrogens (tertiary/aromatic N) is 1. The van der Waals surface area contributed by atoms with Crippen LogP contribution in [0.4, 0.5) is 0 Å². The van der Waals surface area contributed by atoms with Gasteiger partial charge < -0.3 is 10.4 Å². The maximum absolute atomic E-state index is 10.4. The number of fused-ring (bicyclic) bond motifs is 3. The SMILES string of the molecule is Oc1cccc2c1[C@@H](c1ccccc1)CN1CCNC[C@H]21. The predicted octanol–water partition coefficient (Wildman–Crippen LogP) is 2.48. The molecule has 0 aromatic heterocycles. The first-order valence-electron chi connectivity index (χ1n) is 7.66. The van der Waals surface area contributed by atoms with E-state index in [0.717, 1.165) is 31.7 Å². The molecule has 2 aromatic rings. The van der Waals surface area contributed by atoms with Crippen LogP contribution in [-0.2, 0) is 0 Å². The summed E-state index contributed by atoms with van der Waals surface area (Å²) < 4.78 is 0. The van der Waals surface area contributed by atoms with Crippen molar-refractivity contribution in [2.45, 2.75) is 12.0 Å². The molecule has 2 aliphatic heterocycles. The third-order valence-corrected chi connectivity index (χ3v) is 4.80. The van der Waals surface area contributed by atoms with E-state index in [-0.39, 0.29) is 5.92 Å². The van der Waals surface area contributed by atoms with E-state index in [1.54, 1.807) is 0 Å². The number of nitrogens with one attached hydrogen (secondary N) is 1. The zero-order valence-electron chi connectivity index (χ0n) is 12.0. The van der Waals surface area contributed by atoms with E-state index < -0.39 is 0 Å². The maximum atomic E-state index is 10.4. The van der Waals surface area contributed by atoms with Gasteiger partial charge in [0.2, 0.25) is 0 Å². The Kier molecular flexibility index (Phi) is 3.17. The molecule has 1 fully saturated rings. The standard InChI is InChI=1S/C18H20N2O/c21-17-8-4-7-14-16-11-19-9-10-20(16)12-15(18(14)17)13-5-2-1-3-6-13/h1-8,15-16,19,21H,9-12H2/t15-,16-/m1/s1. The van der Waals surface area contributed by atoms with Crippen LogP contribution in [-0.4, -0.2) is 36.2 Å². The Morgan fingerprint density at radius 3 is 2.76 bits per heavy atom. The topological polar surface area (TPSA) is 35.5 Å². The number of hydrogen-bond donors (Lipinski definition) is 2. The Labute approximate surface area is 125 Å². The highest BCUT2D eigenvalue weighted by Crippen LogP contribution is 2.43. The van der Waals surface area contributed by atoms with Crippen LogP contribution < -0.4 is 5.32 Å². The van der Waals surface area contributed by atoms with Gasteiger partial charge >= 0.3 is 0 Å². The van der Waals surface area contributed by atoms with Gasteiger partial charge in [-0.15, -0.1) is 0 Å². The quantitative estimate of drug-likeness (QED) is 0.842. The lowest BCUT2D eigenvalue weighted by Crippen LogP contribution is -2.50. The van der Waals surface area contributed by atoms with E-state index >= 15 is 0 Å². The molecular formula is C18H20N2O. The van der Waals surface area contributed by atoms with Crippen molar-refractivity contribution in [3.63, 3.8) is 0 Å². The molecule has 2 atom stereocenters. The first-order chi connectivity index (χ1) is 10.3. The number of rotatable bonds is 1. The van der Waals surface area contributed by atoms with E-state index in [4.69, 9.17) is 0 Å². The number of aromatic hydroxyl groups is 1. The normalized spacial score (nSPS) is 25.1. The molecular weight excluding hydrogens is 260 g/mol. The number of piperazine rings is 1. The highest BCUT2D eigenvalue weighted by atomic mass is 16.3. The van der Waals surface area contributed by atoms with Crippen molar-refractivity contribution in [3.05, 3.63) is 65.2 Å². The number of phenolic OH excluding ortho intramolecular Hbond substituents is 1. The Hall–Kier alpha value is -1.84. The highest BCUT2D eigenvalue weighted by Gasteiger charge is 2.36. The third kappa shape index (κ3) is 2.13. The van der Waals surface area contributed by atoms with Gasteiger partial charge in [0, 0.05) is 43.7 Å². The first-order valence-corrected chi connectivity index (χ1v) is 7.66. The lowest BCUT2D eigenvalue weighted by molar-refractivity contribution is 0.142. The molecule has 0 aliphatic carbocycles. The molecule has 0 unspecified atom stereocenters. The summed E-state index contributed by atoms with van der Waals surface area (Å²) in [7, 11) is 0. The van der Waals surface area contributed by atoms with Gasteiger partial charge in [0.15, 0.2) is 0 Å². The van der Waals surface area contributed by atoms with Crippen molar-refractivity contribution in [1.29, 1.82) is 0 Å². The Morgan fingerprint density at radius 2 is 1.90 bits per heavy atom. The molecule has 1 saturated heterocycles. The average molecular weight is 280 g/mol. The van der Waals surface area contributed by atoms with Gasteiger partial charge in [0.05, 0.1) is 0 Å². The largest absolute Gasteiger partial charge is 0.508 e. The zero-order chi connectivity index (χ0) is 14.2. The van der Waals surface area contributed by atoms with Crippen LogP contribution in [0.2, 0.25) is 0 Å². The molecule has 4 rings (SSSR count). The van der Waals surface area contributed by atoms with Gasteiger partial charge in [-0.3, -0.25) is 4.90 Å². The van der Waals surface area contributed by atoms with Crippen LogP contribution in [0.5, 0.6) is 5.75 Å². The van der Waals surface area contributed by atoms with Gasteiger partial charge in [0.25, 0.3) is 0 Å². The average Bonchev–Trinajstić information content (AvgIpc) is 2.55. The van der Waals surface area contributed by atoms with Gasteiger partial charge in [-0.2, -0.15) is 0 Å². The summed E-state index contributed by atoms with van der Waals surface area (Å²) >= 11 is 0. The molecule has 0 amide bonds. The molecule has 2 heterocycles. The fraction of sp³-hybridized carbons (Fsp3) is 0.333. The van der Waals surface area contributed by atoms with Crippen LogP contribution in [0.25, 0.3) is 0 Å². The molecule has 3 nitrogen and oxygen atoms in total. The summed E-state index contributed by atoms with van der Waals surface area (Å²) in [6.45, 7) is 4.08.